The van der Waals surface area contributed by atoms with E-state index in [2.05, 4.69) is 4.99 Å². The van der Waals surface area contributed by atoms with Crippen molar-refractivity contribution in [2.45, 2.75) is 0 Å². The van der Waals surface area contributed by atoms with Crippen LogP contribution in [0.25, 0.3) is 6.08 Å². The summed E-state index contributed by atoms with van der Waals surface area (Å²) in [5, 5.41) is 0.682. The molecule has 0 unspecified atom stereocenters. The van der Waals surface area contributed by atoms with Gasteiger partial charge in [0.05, 0.1) is 5.69 Å². The third-order valence-electron chi connectivity index (χ3n) is 3.65. The summed E-state index contributed by atoms with van der Waals surface area (Å²) in [6.07, 6.45) is 5.19. The maximum absolute atomic E-state index is 12.2. The van der Waals surface area contributed by atoms with Gasteiger partial charge in [-0.05, 0) is 41.5 Å². The zero-order valence-corrected chi connectivity index (χ0v) is 14.2. The fraction of sp³-hybridized carbons (Fsp3) is 0. The molecule has 0 heterocycles. The summed E-state index contributed by atoms with van der Waals surface area (Å²) in [7, 11) is 0. The van der Waals surface area contributed by atoms with Crippen molar-refractivity contribution in [1.29, 1.82) is 0 Å². The fourth-order valence-corrected chi connectivity index (χ4v) is 2.44. The first-order chi connectivity index (χ1) is 12.2. The number of nitrogens with zero attached hydrogens (tertiary/aromatic N) is 1. The lowest BCUT2D eigenvalue weighted by atomic mass is 10.1. The lowest BCUT2D eigenvalue weighted by molar-refractivity contribution is 0.104. The highest BCUT2D eigenvalue weighted by molar-refractivity contribution is 6.30. The first-order valence-corrected chi connectivity index (χ1v) is 8.26. The summed E-state index contributed by atoms with van der Waals surface area (Å²) in [6, 6.07) is 24.3. The van der Waals surface area contributed by atoms with E-state index in [-0.39, 0.29) is 5.78 Å². The van der Waals surface area contributed by atoms with Crippen LogP contribution in [0.4, 0.5) is 5.69 Å². The quantitative estimate of drug-likeness (QED) is 0.317. The summed E-state index contributed by atoms with van der Waals surface area (Å²) in [5.41, 5.74) is 3.37. The van der Waals surface area contributed by atoms with E-state index >= 15 is 0 Å². The van der Waals surface area contributed by atoms with Crippen LogP contribution in [0.3, 0.4) is 0 Å². The molecule has 0 aliphatic rings. The van der Waals surface area contributed by atoms with Crippen molar-refractivity contribution in [3.05, 3.63) is 107 Å². The van der Waals surface area contributed by atoms with Gasteiger partial charge in [-0.25, -0.2) is 0 Å². The molecule has 0 saturated heterocycles. The zero-order valence-electron chi connectivity index (χ0n) is 13.5. The van der Waals surface area contributed by atoms with E-state index < -0.39 is 0 Å². The Labute approximate surface area is 152 Å². The first kappa shape index (κ1) is 16.9. The van der Waals surface area contributed by atoms with Crippen molar-refractivity contribution >= 4 is 35.4 Å². The van der Waals surface area contributed by atoms with Crippen molar-refractivity contribution in [3.8, 4) is 0 Å². The van der Waals surface area contributed by atoms with Gasteiger partial charge >= 0.3 is 0 Å². The summed E-state index contributed by atoms with van der Waals surface area (Å²) >= 11 is 5.88. The minimum absolute atomic E-state index is 0.0231. The van der Waals surface area contributed by atoms with E-state index in [9.17, 15) is 4.79 Å². The van der Waals surface area contributed by atoms with Gasteiger partial charge in [-0.15, -0.1) is 0 Å². The maximum atomic E-state index is 12.2. The van der Waals surface area contributed by atoms with Gasteiger partial charge in [0.25, 0.3) is 0 Å². The molecule has 0 saturated carbocycles. The van der Waals surface area contributed by atoms with Gasteiger partial charge in [-0.3, -0.25) is 9.79 Å². The van der Waals surface area contributed by atoms with Gasteiger partial charge in [0.1, 0.15) is 0 Å². The van der Waals surface area contributed by atoms with E-state index in [1.807, 2.05) is 60.7 Å². The SMILES string of the molecule is O=C(/C=C/c1ccccc1C=Nc1ccc(Cl)cc1)c1ccccc1. The molecule has 0 aliphatic carbocycles. The number of allylic oxidation sites excluding steroid dienone is 1. The number of carbonyl (C=O) groups is 1. The monoisotopic (exact) mass is 345 g/mol. The second-order valence-electron chi connectivity index (χ2n) is 5.43. The van der Waals surface area contributed by atoms with Crippen molar-refractivity contribution in [2.24, 2.45) is 4.99 Å². The van der Waals surface area contributed by atoms with Gasteiger partial charge in [0.2, 0.25) is 0 Å². The van der Waals surface area contributed by atoms with Gasteiger partial charge in [-0.2, -0.15) is 0 Å². The van der Waals surface area contributed by atoms with Crippen molar-refractivity contribution in [1.82, 2.24) is 0 Å². The summed E-state index contributed by atoms with van der Waals surface area (Å²) in [6.45, 7) is 0. The predicted molar refractivity (Wildman–Crippen MR) is 105 cm³/mol. The predicted octanol–water partition coefficient (Wildman–Crippen LogP) is 5.99. The molecule has 0 N–H and O–H groups in total. The highest BCUT2D eigenvalue weighted by Gasteiger charge is 2.01. The Bertz CT molecular complexity index is 912. The van der Waals surface area contributed by atoms with E-state index in [0.717, 1.165) is 16.8 Å². The molecule has 3 aromatic rings. The molecule has 25 heavy (non-hydrogen) atoms. The minimum atomic E-state index is -0.0231. The zero-order chi connectivity index (χ0) is 17.5. The highest BCUT2D eigenvalue weighted by atomic mass is 35.5. The maximum Gasteiger partial charge on any atom is 0.185 e. The Kier molecular flexibility index (Phi) is 5.55. The van der Waals surface area contributed by atoms with E-state index in [0.29, 0.717) is 10.6 Å². The molecule has 0 radical (unpaired) electrons. The molecule has 122 valence electrons. The van der Waals surface area contributed by atoms with Crippen LogP contribution >= 0.6 is 11.6 Å². The van der Waals surface area contributed by atoms with E-state index in [1.54, 1.807) is 36.6 Å². The number of carbonyl (C=O) groups excluding carboxylic acids is 1. The minimum Gasteiger partial charge on any atom is -0.289 e. The Morgan fingerprint density at radius 1 is 0.800 bits per heavy atom. The second-order valence-corrected chi connectivity index (χ2v) is 5.86. The molecule has 3 heteroatoms. The van der Waals surface area contributed by atoms with Gasteiger partial charge in [0.15, 0.2) is 5.78 Å². The third-order valence-corrected chi connectivity index (χ3v) is 3.90. The number of aliphatic imine (C=N–C) groups is 1. The fourth-order valence-electron chi connectivity index (χ4n) is 2.32. The lowest BCUT2D eigenvalue weighted by Crippen LogP contribution is -1.93. The number of rotatable bonds is 5. The van der Waals surface area contributed by atoms with Crippen LogP contribution in [-0.4, -0.2) is 12.0 Å². The molecule has 2 nitrogen and oxygen atoms in total. The standard InChI is InChI=1S/C22H16ClNO/c23-20-11-13-21(14-12-20)24-16-19-9-5-4-6-17(19)10-15-22(25)18-7-2-1-3-8-18/h1-16H/b15-10+,24-16?. The molecule has 0 bridgehead atoms. The smallest absolute Gasteiger partial charge is 0.185 e. The number of hydrogen-bond donors (Lipinski definition) is 0. The number of halogens is 1. The molecule has 0 aliphatic heterocycles. The molecule has 3 aromatic carbocycles. The van der Waals surface area contributed by atoms with Crippen molar-refractivity contribution in [3.63, 3.8) is 0 Å². The summed E-state index contributed by atoms with van der Waals surface area (Å²) in [5.74, 6) is -0.0231. The molecular formula is C22H16ClNO. The van der Waals surface area contributed by atoms with Gasteiger partial charge in [0, 0.05) is 16.8 Å². The molecule has 0 amide bonds. The summed E-state index contributed by atoms with van der Waals surface area (Å²) in [4.78, 5) is 16.7. The Hall–Kier alpha value is -2.97. The van der Waals surface area contributed by atoms with Gasteiger partial charge < -0.3 is 0 Å². The Balaban J connectivity index is 1.80. The highest BCUT2D eigenvalue weighted by Crippen LogP contribution is 2.17. The van der Waals surface area contributed by atoms with Crippen LogP contribution < -0.4 is 0 Å². The van der Waals surface area contributed by atoms with E-state index in [1.165, 1.54) is 0 Å². The molecule has 0 fully saturated rings. The molecule has 0 atom stereocenters. The number of ketones is 1. The average molecular weight is 346 g/mol. The largest absolute Gasteiger partial charge is 0.289 e. The molecule has 0 aromatic heterocycles. The van der Waals surface area contributed by atoms with E-state index in [4.69, 9.17) is 11.6 Å². The number of hydrogen-bond acceptors (Lipinski definition) is 2. The first-order valence-electron chi connectivity index (χ1n) is 7.88. The van der Waals surface area contributed by atoms with Crippen LogP contribution in [-0.2, 0) is 0 Å². The lowest BCUT2D eigenvalue weighted by Gasteiger charge is -2.01. The molecule has 3 rings (SSSR count). The normalized spacial score (nSPS) is 11.2. The van der Waals surface area contributed by atoms with Crippen LogP contribution in [0.1, 0.15) is 21.5 Å². The third kappa shape index (κ3) is 4.75. The van der Waals surface area contributed by atoms with Crippen LogP contribution in [0.15, 0.2) is 89.9 Å². The van der Waals surface area contributed by atoms with Gasteiger partial charge in [-0.1, -0.05) is 72.3 Å². The van der Waals surface area contributed by atoms with Crippen LogP contribution in [0, 0.1) is 0 Å². The Morgan fingerprint density at radius 3 is 2.16 bits per heavy atom. The average Bonchev–Trinajstić information content (AvgIpc) is 2.67. The van der Waals surface area contributed by atoms with Crippen LogP contribution in [0.2, 0.25) is 5.02 Å². The Morgan fingerprint density at radius 2 is 1.44 bits per heavy atom. The topological polar surface area (TPSA) is 29.4 Å². The van der Waals surface area contributed by atoms with Crippen molar-refractivity contribution < 1.29 is 4.79 Å². The summed E-state index contributed by atoms with van der Waals surface area (Å²) < 4.78 is 0. The molecular weight excluding hydrogens is 330 g/mol. The van der Waals surface area contributed by atoms with Crippen molar-refractivity contribution in [2.75, 3.05) is 0 Å². The second kappa shape index (κ2) is 8.22. The molecule has 0 spiro atoms. The van der Waals surface area contributed by atoms with Crippen LogP contribution in [0.5, 0.6) is 0 Å². The number of benzene rings is 3.